The van der Waals surface area contributed by atoms with Crippen molar-refractivity contribution in [3.63, 3.8) is 0 Å². The Morgan fingerprint density at radius 1 is 1.11 bits per heavy atom. The van der Waals surface area contributed by atoms with Crippen molar-refractivity contribution in [3.8, 4) is 0 Å². The van der Waals surface area contributed by atoms with Crippen LogP contribution < -0.4 is 0 Å². The molecule has 18 heavy (non-hydrogen) atoms. The molecule has 2 nitrogen and oxygen atoms in total. The Labute approximate surface area is 121 Å². The molecule has 0 aliphatic carbocycles. The lowest BCUT2D eigenvalue weighted by Crippen LogP contribution is -2.29. The zero-order valence-electron chi connectivity index (χ0n) is 12.6. The third kappa shape index (κ3) is 6.21. The minimum absolute atomic E-state index is 0.0609. The van der Waals surface area contributed by atoms with Crippen molar-refractivity contribution in [3.05, 3.63) is 0 Å². The van der Waals surface area contributed by atoms with Gasteiger partial charge in [0.05, 0.1) is 6.61 Å². The zero-order valence-corrected chi connectivity index (χ0v) is 14.2. The van der Waals surface area contributed by atoms with Gasteiger partial charge in [-0.05, 0) is 37.0 Å². The first-order valence-electron chi connectivity index (χ1n) is 7.06. The first-order chi connectivity index (χ1) is 8.34. The molecular weight excluding hydrogens is 292 g/mol. The molecule has 0 aromatic carbocycles. The minimum Gasteiger partial charge on any atom is -0.466 e. The van der Waals surface area contributed by atoms with Crippen LogP contribution in [0.2, 0.25) is 0 Å². The van der Waals surface area contributed by atoms with E-state index in [4.69, 9.17) is 4.74 Å². The van der Waals surface area contributed by atoms with Crippen LogP contribution in [-0.2, 0) is 9.53 Å². The number of carbonyl (C=O) groups excluding carboxylic acids is 1. The van der Waals surface area contributed by atoms with Crippen LogP contribution in [0.1, 0.15) is 66.7 Å². The Kier molecular flexibility index (Phi) is 8.16. The molecule has 3 heteroatoms. The van der Waals surface area contributed by atoms with Crippen LogP contribution in [-0.4, -0.2) is 17.9 Å². The van der Waals surface area contributed by atoms with E-state index in [1.54, 1.807) is 0 Å². The Morgan fingerprint density at radius 3 is 2.06 bits per heavy atom. The predicted molar refractivity (Wildman–Crippen MR) is 81.1 cm³/mol. The lowest BCUT2D eigenvalue weighted by atomic mass is 9.69. The van der Waals surface area contributed by atoms with Gasteiger partial charge in [-0.3, -0.25) is 4.79 Å². The van der Waals surface area contributed by atoms with Crippen molar-refractivity contribution >= 4 is 21.9 Å². The van der Waals surface area contributed by atoms with E-state index < -0.39 is 0 Å². The smallest absolute Gasteiger partial charge is 0.305 e. The first kappa shape index (κ1) is 17.9. The Hall–Kier alpha value is -0.0500. The minimum atomic E-state index is -0.0609. The van der Waals surface area contributed by atoms with Gasteiger partial charge in [0, 0.05) is 11.8 Å². The van der Waals surface area contributed by atoms with Gasteiger partial charge in [0.15, 0.2) is 0 Å². The number of hydrogen-bond donors (Lipinski definition) is 0. The molecule has 0 rings (SSSR count). The van der Waals surface area contributed by atoms with Gasteiger partial charge in [0.1, 0.15) is 0 Å². The third-order valence-electron chi connectivity index (χ3n) is 4.12. The van der Waals surface area contributed by atoms with E-state index in [9.17, 15) is 4.79 Å². The summed E-state index contributed by atoms with van der Waals surface area (Å²) in [7, 11) is 0. The van der Waals surface area contributed by atoms with Gasteiger partial charge in [0.25, 0.3) is 0 Å². The van der Waals surface area contributed by atoms with Crippen LogP contribution in [0.15, 0.2) is 0 Å². The molecule has 0 N–H and O–H groups in total. The number of alkyl halides is 1. The van der Waals surface area contributed by atoms with Gasteiger partial charge in [-0.2, -0.15) is 0 Å². The van der Waals surface area contributed by atoms with Crippen LogP contribution in [0, 0.1) is 10.8 Å². The van der Waals surface area contributed by atoms with Crippen molar-refractivity contribution in [1.29, 1.82) is 0 Å². The lowest BCUT2D eigenvalue weighted by molar-refractivity contribution is -0.143. The van der Waals surface area contributed by atoms with Crippen molar-refractivity contribution < 1.29 is 9.53 Å². The maximum absolute atomic E-state index is 11.5. The molecule has 0 bridgehead atoms. The average Bonchev–Trinajstić information content (AvgIpc) is 2.37. The van der Waals surface area contributed by atoms with Crippen molar-refractivity contribution in [2.75, 3.05) is 11.9 Å². The molecule has 0 aromatic rings. The summed E-state index contributed by atoms with van der Waals surface area (Å²) < 4.78 is 5.02. The molecule has 0 aliphatic heterocycles. The largest absolute Gasteiger partial charge is 0.466 e. The molecule has 0 amide bonds. The van der Waals surface area contributed by atoms with Gasteiger partial charge in [-0.15, -0.1) is 0 Å². The molecule has 0 aliphatic rings. The second kappa shape index (κ2) is 8.19. The van der Waals surface area contributed by atoms with E-state index in [0.29, 0.717) is 18.4 Å². The highest BCUT2D eigenvalue weighted by molar-refractivity contribution is 9.09. The highest BCUT2D eigenvalue weighted by Crippen LogP contribution is 2.42. The number of halogens is 1. The van der Waals surface area contributed by atoms with E-state index in [1.165, 1.54) is 0 Å². The molecule has 0 heterocycles. The van der Waals surface area contributed by atoms with Crippen LogP contribution in [0.4, 0.5) is 0 Å². The van der Waals surface area contributed by atoms with Crippen LogP contribution in [0.3, 0.4) is 0 Å². The average molecular weight is 321 g/mol. The molecule has 0 aromatic heterocycles. The summed E-state index contributed by atoms with van der Waals surface area (Å²) in [5, 5.41) is 1.02. The Balaban J connectivity index is 4.47. The Bertz CT molecular complexity index is 249. The summed E-state index contributed by atoms with van der Waals surface area (Å²) in [5.74, 6) is -0.0609. The van der Waals surface area contributed by atoms with E-state index in [-0.39, 0.29) is 11.4 Å². The van der Waals surface area contributed by atoms with Gasteiger partial charge in [0.2, 0.25) is 0 Å². The number of ether oxygens (including phenoxy) is 1. The molecule has 0 fully saturated rings. The SMILES string of the molecule is CCOC(=O)CCC(C)(CC)CC(C)(CC)CBr. The van der Waals surface area contributed by atoms with Gasteiger partial charge < -0.3 is 4.74 Å². The monoisotopic (exact) mass is 320 g/mol. The Morgan fingerprint density at radius 2 is 1.67 bits per heavy atom. The highest BCUT2D eigenvalue weighted by Gasteiger charge is 2.32. The van der Waals surface area contributed by atoms with E-state index in [2.05, 4.69) is 43.6 Å². The number of hydrogen-bond acceptors (Lipinski definition) is 2. The molecule has 2 atom stereocenters. The van der Waals surface area contributed by atoms with Gasteiger partial charge >= 0.3 is 5.97 Å². The van der Waals surface area contributed by atoms with Crippen molar-refractivity contribution in [2.24, 2.45) is 10.8 Å². The fourth-order valence-corrected chi connectivity index (χ4v) is 2.92. The molecule has 0 spiro atoms. The topological polar surface area (TPSA) is 26.3 Å². The fraction of sp³-hybridized carbons (Fsp3) is 0.933. The fourth-order valence-electron chi connectivity index (χ4n) is 2.32. The predicted octanol–water partition coefficient (Wildman–Crippen LogP) is 4.95. The van der Waals surface area contributed by atoms with Crippen molar-refractivity contribution in [1.82, 2.24) is 0 Å². The molecule has 0 radical (unpaired) electrons. The normalized spacial score (nSPS) is 17.9. The quantitative estimate of drug-likeness (QED) is 0.444. The van der Waals surface area contributed by atoms with E-state index in [1.807, 2.05) is 6.92 Å². The summed E-state index contributed by atoms with van der Waals surface area (Å²) in [4.78, 5) is 11.5. The van der Waals surface area contributed by atoms with Crippen LogP contribution in [0.5, 0.6) is 0 Å². The second-order valence-electron chi connectivity index (χ2n) is 5.94. The molecule has 0 saturated carbocycles. The third-order valence-corrected chi connectivity index (χ3v) is 5.48. The number of esters is 1. The maximum Gasteiger partial charge on any atom is 0.305 e. The summed E-state index contributed by atoms with van der Waals surface area (Å²) in [6, 6.07) is 0. The van der Waals surface area contributed by atoms with Crippen LogP contribution in [0.25, 0.3) is 0 Å². The van der Waals surface area contributed by atoms with Crippen molar-refractivity contribution in [2.45, 2.75) is 66.7 Å². The molecule has 0 saturated heterocycles. The number of rotatable bonds is 9. The van der Waals surface area contributed by atoms with Crippen LogP contribution >= 0.6 is 15.9 Å². The lowest BCUT2D eigenvalue weighted by Gasteiger charge is -2.38. The summed E-state index contributed by atoms with van der Waals surface area (Å²) in [6.45, 7) is 11.4. The van der Waals surface area contributed by atoms with Gasteiger partial charge in [-0.1, -0.05) is 50.0 Å². The number of carbonyl (C=O) groups is 1. The summed E-state index contributed by atoms with van der Waals surface area (Å²) in [5.41, 5.74) is 0.546. The molecule has 108 valence electrons. The standard InChI is InChI=1S/C15H29BrO2/c1-6-14(4,10-9-13(17)18-8-3)11-15(5,7-2)12-16/h6-12H2,1-5H3. The van der Waals surface area contributed by atoms with Gasteiger partial charge in [-0.25, -0.2) is 0 Å². The second-order valence-corrected chi connectivity index (χ2v) is 6.50. The van der Waals surface area contributed by atoms with E-state index >= 15 is 0 Å². The summed E-state index contributed by atoms with van der Waals surface area (Å²) >= 11 is 3.63. The maximum atomic E-state index is 11.5. The summed E-state index contributed by atoms with van der Waals surface area (Å²) in [6.07, 6.45) is 4.88. The molecular formula is C15H29BrO2. The van der Waals surface area contributed by atoms with E-state index in [0.717, 1.165) is 31.0 Å². The zero-order chi connectivity index (χ0) is 14.2. The first-order valence-corrected chi connectivity index (χ1v) is 8.18. The highest BCUT2D eigenvalue weighted by atomic mass is 79.9. The molecule has 2 unspecified atom stereocenters.